The van der Waals surface area contributed by atoms with Crippen molar-refractivity contribution in [3.63, 3.8) is 0 Å². The number of halogens is 1. The number of benzene rings is 1. The van der Waals surface area contributed by atoms with Gasteiger partial charge in [-0.3, -0.25) is 9.59 Å². The largest absolute Gasteiger partial charge is 0.464 e. The molecule has 6 nitrogen and oxygen atoms in total. The van der Waals surface area contributed by atoms with E-state index in [9.17, 15) is 9.59 Å². The van der Waals surface area contributed by atoms with Crippen molar-refractivity contribution in [1.29, 1.82) is 0 Å². The summed E-state index contributed by atoms with van der Waals surface area (Å²) in [5.41, 5.74) is 0.651. The fourth-order valence-electron chi connectivity index (χ4n) is 3.34. The van der Waals surface area contributed by atoms with Gasteiger partial charge in [0, 0.05) is 16.5 Å². The van der Waals surface area contributed by atoms with Gasteiger partial charge in [0.1, 0.15) is 6.17 Å². The van der Waals surface area contributed by atoms with E-state index in [0.29, 0.717) is 16.6 Å². The highest BCUT2D eigenvalue weighted by Crippen LogP contribution is 2.45. The molecule has 1 fully saturated rings. The minimum absolute atomic E-state index is 0.0392. The lowest BCUT2D eigenvalue weighted by Gasteiger charge is -2.33. The fourth-order valence-corrected chi connectivity index (χ4v) is 4.32. The van der Waals surface area contributed by atoms with Crippen LogP contribution in [0.1, 0.15) is 36.1 Å². The standard InChI is InChI=1S/C23H24ClN3O3S/c1-23(10-11-23)15-30-21(29)19(16-7-3-2-4-8-16)20(28)27(18-9-5-6-12-25-18)14-17-13-26-22(24)31-17/h2-9,12-13,18-19,25H,10-11,14-15H2,1H3. The molecule has 2 aromatic rings. The Bertz CT molecular complexity index is 1000. The Morgan fingerprint density at radius 1 is 1.32 bits per heavy atom. The van der Waals surface area contributed by atoms with E-state index < -0.39 is 18.1 Å². The lowest BCUT2D eigenvalue weighted by molar-refractivity contribution is -0.154. The molecule has 1 saturated carbocycles. The summed E-state index contributed by atoms with van der Waals surface area (Å²) in [5.74, 6) is -1.90. The molecule has 2 atom stereocenters. The van der Waals surface area contributed by atoms with Crippen molar-refractivity contribution in [1.82, 2.24) is 15.2 Å². The minimum Gasteiger partial charge on any atom is -0.464 e. The van der Waals surface area contributed by atoms with E-state index in [-0.39, 0.29) is 17.9 Å². The maximum atomic E-state index is 13.8. The molecule has 2 aliphatic rings. The predicted octanol–water partition coefficient (Wildman–Crippen LogP) is 4.25. The molecular weight excluding hydrogens is 434 g/mol. The molecule has 0 saturated heterocycles. The number of carbonyl (C=O) groups excluding carboxylic acids is 2. The summed E-state index contributed by atoms with van der Waals surface area (Å²) in [6, 6.07) is 9.07. The van der Waals surface area contributed by atoms with Gasteiger partial charge >= 0.3 is 5.97 Å². The number of esters is 1. The zero-order chi connectivity index (χ0) is 21.8. The predicted molar refractivity (Wildman–Crippen MR) is 120 cm³/mol. The van der Waals surface area contributed by atoms with Gasteiger partial charge in [0.15, 0.2) is 10.4 Å². The number of ether oxygens (including phenoxy) is 1. The van der Waals surface area contributed by atoms with E-state index in [2.05, 4.69) is 17.2 Å². The molecule has 1 aromatic heterocycles. The van der Waals surface area contributed by atoms with Gasteiger partial charge in [0.25, 0.3) is 0 Å². The second kappa shape index (κ2) is 9.24. The molecule has 1 aliphatic heterocycles. The number of dihydropyridines is 1. The van der Waals surface area contributed by atoms with Crippen LogP contribution in [0.25, 0.3) is 0 Å². The summed E-state index contributed by atoms with van der Waals surface area (Å²) in [7, 11) is 0. The Hall–Kier alpha value is -2.64. The smallest absolute Gasteiger partial charge is 0.323 e. The van der Waals surface area contributed by atoms with Crippen LogP contribution >= 0.6 is 22.9 Å². The van der Waals surface area contributed by atoms with Crippen LogP contribution in [0.4, 0.5) is 0 Å². The summed E-state index contributed by atoms with van der Waals surface area (Å²) < 4.78 is 6.04. The Morgan fingerprint density at radius 2 is 2.10 bits per heavy atom. The van der Waals surface area contributed by atoms with Gasteiger partial charge in [-0.15, -0.1) is 11.3 Å². The van der Waals surface area contributed by atoms with Crippen molar-refractivity contribution in [2.45, 2.75) is 38.4 Å². The first-order valence-electron chi connectivity index (χ1n) is 10.2. The van der Waals surface area contributed by atoms with Crippen molar-refractivity contribution < 1.29 is 14.3 Å². The minimum atomic E-state index is -1.05. The van der Waals surface area contributed by atoms with Gasteiger partial charge in [-0.05, 0) is 36.8 Å². The van der Waals surface area contributed by atoms with Gasteiger partial charge in [0.2, 0.25) is 5.91 Å². The summed E-state index contributed by atoms with van der Waals surface area (Å²) in [6.45, 7) is 2.69. The third kappa shape index (κ3) is 5.35. The number of rotatable bonds is 8. The van der Waals surface area contributed by atoms with Crippen molar-refractivity contribution >= 4 is 34.8 Å². The first kappa shape index (κ1) is 21.6. The van der Waals surface area contributed by atoms with Gasteiger partial charge in [0.05, 0.1) is 13.2 Å². The maximum absolute atomic E-state index is 13.8. The van der Waals surface area contributed by atoms with Crippen LogP contribution in [0.5, 0.6) is 0 Å². The van der Waals surface area contributed by atoms with Crippen LogP contribution < -0.4 is 5.32 Å². The van der Waals surface area contributed by atoms with E-state index >= 15 is 0 Å². The quantitative estimate of drug-likeness (QED) is 0.474. The lowest BCUT2D eigenvalue weighted by atomic mass is 9.97. The molecule has 162 valence electrons. The number of carbonyl (C=O) groups is 2. The van der Waals surface area contributed by atoms with Crippen LogP contribution in [-0.2, 0) is 20.9 Å². The average molecular weight is 458 g/mol. The highest BCUT2D eigenvalue weighted by atomic mass is 35.5. The molecule has 31 heavy (non-hydrogen) atoms. The zero-order valence-electron chi connectivity index (χ0n) is 17.2. The summed E-state index contributed by atoms with van der Waals surface area (Å²) in [6.07, 6.45) is 10.7. The monoisotopic (exact) mass is 457 g/mol. The zero-order valence-corrected chi connectivity index (χ0v) is 18.7. The van der Waals surface area contributed by atoms with E-state index in [4.69, 9.17) is 16.3 Å². The molecule has 4 rings (SSSR count). The molecule has 0 spiro atoms. The number of nitrogens with one attached hydrogen (secondary N) is 1. The third-order valence-corrected chi connectivity index (χ3v) is 6.62. The van der Waals surface area contributed by atoms with E-state index in [1.54, 1.807) is 29.4 Å². The number of allylic oxidation sites excluding steroid dienone is 2. The van der Waals surface area contributed by atoms with Crippen LogP contribution in [0.3, 0.4) is 0 Å². The van der Waals surface area contributed by atoms with Gasteiger partial charge in [-0.1, -0.05) is 54.9 Å². The Labute approximate surface area is 190 Å². The second-order valence-electron chi connectivity index (χ2n) is 8.16. The molecule has 8 heteroatoms. The number of nitrogens with zero attached hydrogens (tertiary/aromatic N) is 2. The van der Waals surface area contributed by atoms with Crippen LogP contribution in [0, 0.1) is 5.41 Å². The van der Waals surface area contributed by atoms with Crippen molar-refractivity contribution in [3.8, 4) is 0 Å². The number of aromatic nitrogens is 1. The number of hydrogen-bond acceptors (Lipinski definition) is 6. The molecule has 1 N–H and O–H groups in total. The summed E-state index contributed by atoms with van der Waals surface area (Å²) >= 11 is 7.31. The van der Waals surface area contributed by atoms with E-state index in [1.807, 2.05) is 36.4 Å². The highest BCUT2D eigenvalue weighted by Gasteiger charge is 2.41. The third-order valence-electron chi connectivity index (χ3n) is 5.52. The Morgan fingerprint density at radius 3 is 2.71 bits per heavy atom. The van der Waals surface area contributed by atoms with Crippen molar-refractivity contribution in [3.05, 3.63) is 75.9 Å². The molecular formula is C23H24ClN3O3S. The topological polar surface area (TPSA) is 71.5 Å². The van der Waals surface area contributed by atoms with Gasteiger partial charge in [-0.25, -0.2) is 4.98 Å². The summed E-state index contributed by atoms with van der Waals surface area (Å²) in [4.78, 5) is 33.5. The number of hydrogen-bond donors (Lipinski definition) is 1. The first-order valence-corrected chi connectivity index (χ1v) is 11.4. The number of thiazole rings is 1. The molecule has 0 bridgehead atoms. The Kier molecular flexibility index (Phi) is 6.43. The van der Waals surface area contributed by atoms with Crippen molar-refractivity contribution in [2.24, 2.45) is 5.41 Å². The molecule has 2 unspecified atom stereocenters. The number of amides is 1. The van der Waals surface area contributed by atoms with Crippen molar-refractivity contribution in [2.75, 3.05) is 6.61 Å². The second-order valence-corrected chi connectivity index (χ2v) is 9.86. The fraction of sp³-hybridized carbons (Fsp3) is 0.348. The molecule has 1 aliphatic carbocycles. The Balaban J connectivity index is 1.62. The highest BCUT2D eigenvalue weighted by molar-refractivity contribution is 7.15. The molecule has 2 heterocycles. The average Bonchev–Trinajstić information content (AvgIpc) is 3.38. The van der Waals surface area contributed by atoms with E-state index in [1.165, 1.54) is 11.3 Å². The molecule has 1 amide bonds. The SMILES string of the molecule is CC1(COC(=O)C(C(=O)N(Cc2cnc(Cl)s2)C2C=CC=CN2)c2ccccc2)CC1. The van der Waals surface area contributed by atoms with Gasteiger partial charge < -0.3 is 15.0 Å². The molecule has 0 radical (unpaired) electrons. The first-order chi connectivity index (χ1) is 15.0. The normalized spacial score (nSPS) is 19.4. The lowest BCUT2D eigenvalue weighted by Crippen LogP contribution is -2.49. The summed E-state index contributed by atoms with van der Waals surface area (Å²) in [5, 5.41) is 3.18. The van der Waals surface area contributed by atoms with Gasteiger partial charge in [-0.2, -0.15) is 0 Å². The van der Waals surface area contributed by atoms with Crippen LogP contribution in [0.2, 0.25) is 4.47 Å². The maximum Gasteiger partial charge on any atom is 0.323 e. The van der Waals surface area contributed by atoms with Crippen LogP contribution in [-0.4, -0.2) is 34.5 Å². The van der Waals surface area contributed by atoms with Crippen LogP contribution in [0.15, 0.2) is 61.0 Å². The van der Waals surface area contributed by atoms with E-state index in [0.717, 1.165) is 17.7 Å². The molecule has 1 aromatic carbocycles.